The molecular weight excluding hydrogens is 220 g/mol. The summed E-state index contributed by atoms with van der Waals surface area (Å²) >= 11 is 0. The Bertz CT molecular complexity index is 318. The summed E-state index contributed by atoms with van der Waals surface area (Å²) in [6.45, 7) is 4.15. The Morgan fingerprint density at radius 1 is 1.18 bits per heavy atom. The molecule has 2 aliphatic carbocycles. The summed E-state index contributed by atoms with van der Waals surface area (Å²) in [6, 6.07) is 0. The van der Waals surface area contributed by atoms with Crippen LogP contribution >= 0.6 is 0 Å². The predicted molar refractivity (Wildman–Crippen MR) is 61.4 cm³/mol. The maximum absolute atomic E-state index is 11.2. The molecule has 0 spiro atoms. The number of hydrogen-bond donors (Lipinski definition) is 1. The highest BCUT2D eigenvalue weighted by molar-refractivity contribution is 6.28. The van der Waals surface area contributed by atoms with Crippen LogP contribution in [0.5, 0.6) is 0 Å². The molecule has 2 saturated carbocycles. The van der Waals surface area contributed by atoms with Gasteiger partial charge >= 0.3 is 11.9 Å². The lowest BCUT2D eigenvalue weighted by molar-refractivity contribution is -0.179. The number of carbonyl (C=O) groups excluding carboxylic acids is 1. The molecule has 0 amide bonds. The van der Waals surface area contributed by atoms with Crippen molar-refractivity contribution in [2.45, 2.75) is 51.6 Å². The highest BCUT2D eigenvalue weighted by Gasteiger charge is 2.43. The van der Waals surface area contributed by atoms with Crippen molar-refractivity contribution in [2.24, 2.45) is 17.8 Å². The maximum atomic E-state index is 11.2. The number of esters is 1. The van der Waals surface area contributed by atoms with Gasteiger partial charge in [0.15, 0.2) is 0 Å². The molecular formula is C13H20O4. The fourth-order valence-electron chi connectivity index (χ4n) is 3.89. The van der Waals surface area contributed by atoms with Gasteiger partial charge in [0, 0.05) is 0 Å². The van der Waals surface area contributed by atoms with Gasteiger partial charge in [0.25, 0.3) is 0 Å². The van der Waals surface area contributed by atoms with Gasteiger partial charge in [0.2, 0.25) is 0 Å². The number of rotatable bonds is 1. The fourth-order valence-corrected chi connectivity index (χ4v) is 3.89. The second-order valence-corrected chi connectivity index (χ2v) is 6.10. The molecule has 2 rings (SSSR count). The smallest absolute Gasteiger partial charge is 0.417 e. The van der Waals surface area contributed by atoms with Crippen LogP contribution < -0.4 is 0 Å². The van der Waals surface area contributed by atoms with Crippen molar-refractivity contribution in [3.8, 4) is 0 Å². The van der Waals surface area contributed by atoms with Gasteiger partial charge in [0.1, 0.15) is 5.60 Å². The van der Waals surface area contributed by atoms with E-state index in [0.717, 1.165) is 18.8 Å². The van der Waals surface area contributed by atoms with Crippen molar-refractivity contribution in [3.63, 3.8) is 0 Å². The Balaban J connectivity index is 2.02. The van der Waals surface area contributed by atoms with E-state index in [4.69, 9.17) is 9.84 Å². The van der Waals surface area contributed by atoms with Crippen LogP contribution in [0.25, 0.3) is 0 Å². The van der Waals surface area contributed by atoms with Gasteiger partial charge in [-0.2, -0.15) is 0 Å². The van der Waals surface area contributed by atoms with Crippen LogP contribution in [0.3, 0.4) is 0 Å². The van der Waals surface area contributed by atoms with Crippen LogP contribution in [0.4, 0.5) is 0 Å². The van der Waals surface area contributed by atoms with Crippen LogP contribution in [0.1, 0.15) is 46.0 Å². The minimum atomic E-state index is -1.49. The maximum Gasteiger partial charge on any atom is 0.417 e. The molecule has 1 N–H and O–H groups in total. The van der Waals surface area contributed by atoms with Crippen LogP contribution in [0, 0.1) is 17.8 Å². The average molecular weight is 240 g/mol. The SMILES string of the molecule is CC1CC2CC(C1)CC(C)(OC(=O)C(=O)O)C2. The molecule has 2 bridgehead atoms. The number of aliphatic carboxylic acids is 1. The zero-order valence-corrected chi connectivity index (χ0v) is 10.4. The van der Waals surface area contributed by atoms with Crippen LogP contribution in [-0.2, 0) is 14.3 Å². The van der Waals surface area contributed by atoms with Gasteiger partial charge in [-0.15, -0.1) is 0 Å². The third-order valence-corrected chi connectivity index (χ3v) is 4.09. The first-order chi connectivity index (χ1) is 7.88. The Hall–Kier alpha value is -1.06. The molecule has 0 radical (unpaired) electrons. The van der Waals surface area contributed by atoms with Crippen molar-refractivity contribution in [1.82, 2.24) is 0 Å². The first kappa shape index (κ1) is 12.4. The fraction of sp³-hybridized carbons (Fsp3) is 0.846. The lowest BCUT2D eigenvalue weighted by Crippen LogP contribution is -2.44. The summed E-state index contributed by atoms with van der Waals surface area (Å²) in [5, 5.41) is 8.60. The van der Waals surface area contributed by atoms with Gasteiger partial charge in [-0.25, -0.2) is 9.59 Å². The molecule has 17 heavy (non-hydrogen) atoms. The van der Waals surface area contributed by atoms with E-state index < -0.39 is 17.5 Å². The van der Waals surface area contributed by atoms with Crippen LogP contribution in [0.2, 0.25) is 0 Å². The molecule has 0 aromatic rings. The molecule has 0 saturated heterocycles. The first-order valence-electron chi connectivity index (χ1n) is 6.34. The largest absolute Gasteiger partial charge is 0.473 e. The van der Waals surface area contributed by atoms with E-state index in [-0.39, 0.29) is 0 Å². The summed E-state index contributed by atoms with van der Waals surface area (Å²) in [4.78, 5) is 21.7. The number of carboxylic acid groups (broad SMARTS) is 1. The van der Waals surface area contributed by atoms with Gasteiger partial charge < -0.3 is 9.84 Å². The number of fused-ring (bicyclic) bond motifs is 2. The molecule has 0 heterocycles. The normalized spacial score (nSPS) is 40.7. The van der Waals surface area contributed by atoms with Crippen molar-refractivity contribution >= 4 is 11.9 Å². The molecule has 2 aliphatic rings. The summed E-state index contributed by atoms with van der Waals surface area (Å²) in [5.74, 6) is -0.678. The third-order valence-electron chi connectivity index (χ3n) is 4.09. The quantitative estimate of drug-likeness (QED) is 0.564. The van der Waals surface area contributed by atoms with Gasteiger partial charge in [0.05, 0.1) is 0 Å². The van der Waals surface area contributed by atoms with E-state index in [1.54, 1.807) is 0 Å². The van der Waals surface area contributed by atoms with E-state index in [1.165, 1.54) is 19.3 Å². The number of carbonyl (C=O) groups is 2. The lowest BCUT2D eigenvalue weighted by Gasteiger charge is -2.46. The molecule has 0 aromatic heterocycles. The zero-order valence-electron chi connectivity index (χ0n) is 10.4. The lowest BCUT2D eigenvalue weighted by atomic mass is 9.64. The van der Waals surface area contributed by atoms with E-state index in [2.05, 4.69) is 6.92 Å². The highest BCUT2D eigenvalue weighted by Crippen LogP contribution is 2.47. The second kappa shape index (κ2) is 4.31. The summed E-state index contributed by atoms with van der Waals surface area (Å²) in [5.41, 5.74) is -0.566. The predicted octanol–water partition coefficient (Wildman–Crippen LogP) is 2.22. The highest BCUT2D eigenvalue weighted by atomic mass is 16.6. The topological polar surface area (TPSA) is 63.6 Å². The van der Waals surface area contributed by atoms with Crippen molar-refractivity contribution in [2.75, 3.05) is 0 Å². The summed E-state index contributed by atoms with van der Waals surface area (Å²) in [7, 11) is 0. The summed E-state index contributed by atoms with van der Waals surface area (Å²) < 4.78 is 5.17. The van der Waals surface area contributed by atoms with Crippen molar-refractivity contribution < 1.29 is 19.4 Å². The van der Waals surface area contributed by atoms with Crippen molar-refractivity contribution in [1.29, 1.82) is 0 Å². The zero-order chi connectivity index (χ0) is 12.6. The Morgan fingerprint density at radius 3 is 2.18 bits per heavy atom. The standard InChI is InChI=1S/C13H20O4/c1-8-3-9-5-10(4-8)7-13(2,6-9)17-12(16)11(14)15/h8-10H,3-7H2,1-2H3,(H,14,15). The van der Waals surface area contributed by atoms with E-state index in [1.807, 2.05) is 6.92 Å². The number of hydrogen-bond acceptors (Lipinski definition) is 3. The van der Waals surface area contributed by atoms with Gasteiger partial charge in [-0.3, -0.25) is 0 Å². The molecule has 96 valence electrons. The molecule has 0 aliphatic heterocycles. The number of ether oxygens (including phenoxy) is 1. The Kier molecular flexibility index (Phi) is 3.15. The summed E-state index contributed by atoms with van der Waals surface area (Å²) in [6.07, 6.45) is 5.19. The number of carboxylic acids is 1. The van der Waals surface area contributed by atoms with Crippen LogP contribution in [0.15, 0.2) is 0 Å². The molecule has 2 atom stereocenters. The van der Waals surface area contributed by atoms with Gasteiger partial charge in [-0.05, 0) is 56.8 Å². The Labute approximate surface area is 101 Å². The average Bonchev–Trinajstić information content (AvgIpc) is 2.13. The molecule has 0 aromatic carbocycles. The Morgan fingerprint density at radius 2 is 1.71 bits per heavy atom. The second-order valence-electron chi connectivity index (χ2n) is 6.10. The van der Waals surface area contributed by atoms with E-state index in [9.17, 15) is 9.59 Å². The molecule has 4 heteroatoms. The van der Waals surface area contributed by atoms with Crippen molar-refractivity contribution in [3.05, 3.63) is 0 Å². The first-order valence-corrected chi connectivity index (χ1v) is 6.34. The molecule has 2 unspecified atom stereocenters. The minimum Gasteiger partial charge on any atom is -0.473 e. The molecule has 2 fully saturated rings. The monoisotopic (exact) mass is 240 g/mol. The van der Waals surface area contributed by atoms with E-state index in [0.29, 0.717) is 11.8 Å². The third kappa shape index (κ3) is 2.79. The van der Waals surface area contributed by atoms with Crippen LogP contribution in [-0.4, -0.2) is 22.6 Å². The van der Waals surface area contributed by atoms with E-state index >= 15 is 0 Å². The van der Waals surface area contributed by atoms with Gasteiger partial charge in [-0.1, -0.05) is 6.92 Å². The minimum absolute atomic E-state index is 0.566. The molecule has 4 nitrogen and oxygen atoms in total.